The van der Waals surface area contributed by atoms with Crippen molar-refractivity contribution in [1.82, 2.24) is 0 Å². The van der Waals surface area contributed by atoms with Crippen LogP contribution >= 0.6 is 0 Å². The molecule has 3 fully saturated rings. The largest absolute Gasteiger partial charge is 0.462 e. The first kappa shape index (κ1) is 30.8. The van der Waals surface area contributed by atoms with Crippen molar-refractivity contribution in [1.29, 1.82) is 0 Å². The lowest BCUT2D eigenvalue weighted by atomic mass is 9.45. The van der Waals surface area contributed by atoms with E-state index in [0.717, 1.165) is 0 Å². The van der Waals surface area contributed by atoms with Gasteiger partial charge in [0, 0.05) is 22.3 Å². The molecule has 0 unspecified atom stereocenters. The average molecular weight is 547 g/mol. The van der Waals surface area contributed by atoms with Gasteiger partial charge in [0.15, 0.2) is 5.78 Å². The zero-order chi connectivity index (χ0) is 29.5. The molecule has 3 aliphatic rings. The molecule has 0 aromatic carbocycles. The molecule has 9 nitrogen and oxygen atoms in total. The summed E-state index contributed by atoms with van der Waals surface area (Å²) in [5, 5.41) is 22.8. The SMILES string of the molecule is C=C1CC[C@@H](OC(=O)[C@@H](C)CC)[C@H]2[C@@]1(C)[C@@H](O)C(=O)C(=C)[C@]2(C)C[C@@H](OC(=O)/C(C)=C/C)[C@@]1(O)COC(=O)C1. The number of fused-ring (bicyclic) bond motifs is 1. The van der Waals surface area contributed by atoms with Crippen LogP contribution in [0, 0.1) is 22.7 Å². The highest BCUT2D eigenvalue weighted by Gasteiger charge is 2.66. The molecular formula is C30H42O9. The molecule has 39 heavy (non-hydrogen) atoms. The second-order valence-corrected chi connectivity index (χ2v) is 11.9. The third-order valence-electron chi connectivity index (χ3n) is 9.43. The number of cyclic esters (lactones) is 1. The first-order valence-corrected chi connectivity index (χ1v) is 13.6. The van der Waals surface area contributed by atoms with E-state index in [0.29, 0.717) is 30.4 Å². The van der Waals surface area contributed by atoms with Gasteiger partial charge in [-0.1, -0.05) is 52.5 Å². The fourth-order valence-electron chi connectivity index (χ4n) is 6.34. The third-order valence-corrected chi connectivity index (χ3v) is 9.43. The molecule has 1 aliphatic heterocycles. The lowest BCUT2D eigenvalue weighted by Crippen LogP contribution is -2.65. The van der Waals surface area contributed by atoms with Crippen molar-refractivity contribution in [2.45, 2.75) is 97.6 Å². The molecule has 2 aliphatic carbocycles. The Labute approximate surface area is 230 Å². The molecule has 8 atom stereocenters. The Morgan fingerprint density at radius 1 is 1.26 bits per heavy atom. The minimum absolute atomic E-state index is 0.0643. The number of rotatable bonds is 8. The van der Waals surface area contributed by atoms with Gasteiger partial charge in [-0.15, -0.1) is 0 Å². The van der Waals surface area contributed by atoms with Crippen LogP contribution in [0.2, 0.25) is 0 Å². The van der Waals surface area contributed by atoms with Gasteiger partial charge in [-0.05, 0) is 45.1 Å². The number of aliphatic hydroxyl groups excluding tert-OH is 1. The van der Waals surface area contributed by atoms with Gasteiger partial charge in [-0.3, -0.25) is 14.4 Å². The summed E-state index contributed by atoms with van der Waals surface area (Å²) in [7, 11) is 0. The minimum Gasteiger partial charge on any atom is -0.462 e. The molecule has 0 bridgehead atoms. The summed E-state index contributed by atoms with van der Waals surface area (Å²) in [5.74, 6) is -3.36. The molecule has 3 rings (SSSR count). The monoisotopic (exact) mass is 546 g/mol. The normalized spacial score (nSPS) is 36.6. The number of aliphatic hydroxyl groups is 2. The van der Waals surface area contributed by atoms with Gasteiger partial charge in [-0.2, -0.15) is 0 Å². The van der Waals surface area contributed by atoms with Crippen LogP contribution in [0.25, 0.3) is 0 Å². The second-order valence-electron chi connectivity index (χ2n) is 11.9. The fraction of sp³-hybridized carbons (Fsp3) is 0.667. The Morgan fingerprint density at radius 3 is 2.44 bits per heavy atom. The van der Waals surface area contributed by atoms with Gasteiger partial charge >= 0.3 is 17.9 Å². The highest BCUT2D eigenvalue weighted by Crippen LogP contribution is 2.62. The predicted molar refractivity (Wildman–Crippen MR) is 142 cm³/mol. The van der Waals surface area contributed by atoms with Crippen molar-refractivity contribution in [3.05, 3.63) is 36.0 Å². The molecule has 0 aromatic rings. The number of ketones is 1. The Hall–Kier alpha value is -2.78. The first-order chi connectivity index (χ1) is 18.1. The molecule has 1 heterocycles. The number of esters is 3. The van der Waals surface area contributed by atoms with Crippen LogP contribution in [0.4, 0.5) is 0 Å². The molecule has 216 valence electrons. The third kappa shape index (κ3) is 5.23. The lowest BCUT2D eigenvalue weighted by Gasteiger charge is -2.60. The van der Waals surface area contributed by atoms with Gasteiger partial charge in [0.05, 0.1) is 12.3 Å². The van der Waals surface area contributed by atoms with Crippen LogP contribution < -0.4 is 0 Å². The molecular weight excluding hydrogens is 504 g/mol. The number of carbonyl (C=O) groups is 4. The molecule has 9 heteroatoms. The molecule has 0 amide bonds. The van der Waals surface area contributed by atoms with Crippen LogP contribution in [0.15, 0.2) is 36.0 Å². The van der Waals surface area contributed by atoms with Gasteiger partial charge in [-0.25, -0.2) is 4.79 Å². The number of hydrogen-bond acceptors (Lipinski definition) is 9. The average Bonchev–Trinajstić information content (AvgIpc) is 3.26. The topological polar surface area (TPSA) is 136 Å². The van der Waals surface area contributed by atoms with Crippen molar-refractivity contribution in [2.75, 3.05) is 6.61 Å². The van der Waals surface area contributed by atoms with E-state index < -0.39 is 77.4 Å². The van der Waals surface area contributed by atoms with Crippen molar-refractivity contribution >= 4 is 23.7 Å². The number of carbonyl (C=O) groups excluding carboxylic acids is 4. The summed E-state index contributed by atoms with van der Waals surface area (Å²) in [6, 6.07) is 0. The first-order valence-electron chi connectivity index (χ1n) is 13.6. The van der Waals surface area contributed by atoms with Crippen LogP contribution in [0.5, 0.6) is 0 Å². The summed E-state index contributed by atoms with van der Waals surface area (Å²) in [6.45, 7) is 18.2. The van der Waals surface area contributed by atoms with Crippen LogP contribution in [0.1, 0.15) is 73.6 Å². The van der Waals surface area contributed by atoms with Crippen molar-refractivity contribution in [3.63, 3.8) is 0 Å². The Kier molecular flexibility index (Phi) is 8.68. The lowest BCUT2D eigenvalue weighted by molar-refractivity contribution is -0.188. The van der Waals surface area contributed by atoms with Crippen molar-refractivity contribution in [3.8, 4) is 0 Å². The molecule has 1 saturated heterocycles. The van der Waals surface area contributed by atoms with E-state index in [2.05, 4.69) is 13.2 Å². The number of allylic oxidation sites excluding steroid dienone is 1. The van der Waals surface area contributed by atoms with E-state index in [1.54, 1.807) is 40.7 Å². The van der Waals surface area contributed by atoms with Crippen molar-refractivity contribution < 1.29 is 43.6 Å². The predicted octanol–water partition coefficient (Wildman–Crippen LogP) is 3.37. The van der Waals surface area contributed by atoms with E-state index >= 15 is 0 Å². The van der Waals surface area contributed by atoms with E-state index in [1.807, 2.05) is 6.92 Å². The Balaban J connectivity index is 2.15. The Bertz CT molecular complexity index is 1110. The molecule has 0 radical (unpaired) electrons. The van der Waals surface area contributed by atoms with Crippen LogP contribution in [0.3, 0.4) is 0 Å². The maximum atomic E-state index is 13.5. The zero-order valence-electron chi connectivity index (χ0n) is 23.9. The van der Waals surface area contributed by atoms with Gasteiger partial charge in [0.2, 0.25) is 0 Å². The summed E-state index contributed by atoms with van der Waals surface area (Å²) in [5.41, 5.74) is -3.28. The number of hydrogen-bond donors (Lipinski definition) is 2. The van der Waals surface area contributed by atoms with E-state index in [-0.39, 0.29) is 17.9 Å². The summed E-state index contributed by atoms with van der Waals surface area (Å²) < 4.78 is 16.9. The smallest absolute Gasteiger partial charge is 0.333 e. The van der Waals surface area contributed by atoms with Crippen LogP contribution in [-0.4, -0.2) is 64.4 Å². The van der Waals surface area contributed by atoms with E-state index in [9.17, 15) is 29.4 Å². The fourth-order valence-corrected chi connectivity index (χ4v) is 6.34. The molecule has 2 N–H and O–H groups in total. The highest BCUT2D eigenvalue weighted by atomic mass is 16.6. The van der Waals surface area contributed by atoms with E-state index in [1.165, 1.54) is 0 Å². The standard InChI is InChI=1S/C30H42O9/c1-9-16(3)26(34)38-20-12-11-18(5)29(8)24(20)28(7,19(6)23(32)25(29)33)13-21(39-27(35)17(4)10-2)30(36)14-22(31)37-15-30/h10,16,20-21,24-25,33,36H,5-6,9,11-15H2,1-4,7-8H3/b17-10+/t16-,20+,21+,24+,25-,28-,29-,30-/m0/s1. The molecule has 2 saturated carbocycles. The number of ether oxygens (including phenoxy) is 3. The maximum absolute atomic E-state index is 13.5. The second kappa shape index (κ2) is 11.0. The number of Topliss-reactive ketones (excluding diaryl/α,β-unsaturated/α-hetero) is 1. The van der Waals surface area contributed by atoms with Gasteiger partial charge in [0.1, 0.15) is 30.5 Å². The van der Waals surface area contributed by atoms with E-state index in [4.69, 9.17) is 14.2 Å². The highest BCUT2D eigenvalue weighted by molar-refractivity contribution is 6.01. The molecule has 0 spiro atoms. The van der Waals surface area contributed by atoms with Gasteiger partial charge in [0.25, 0.3) is 0 Å². The maximum Gasteiger partial charge on any atom is 0.333 e. The summed E-state index contributed by atoms with van der Waals surface area (Å²) in [4.78, 5) is 51.4. The van der Waals surface area contributed by atoms with Gasteiger partial charge < -0.3 is 24.4 Å². The van der Waals surface area contributed by atoms with Crippen molar-refractivity contribution in [2.24, 2.45) is 22.7 Å². The molecule has 0 aromatic heterocycles. The summed E-state index contributed by atoms with van der Waals surface area (Å²) in [6.07, 6.45) is -1.00. The van der Waals surface area contributed by atoms with Crippen LogP contribution in [-0.2, 0) is 33.4 Å². The summed E-state index contributed by atoms with van der Waals surface area (Å²) >= 11 is 0. The Morgan fingerprint density at radius 2 is 1.90 bits per heavy atom. The quantitative estimate of drug-likeness (QED) is 0.203. The zero-order valence-corrected chi connectivity index (χ0v) is 23.9. The minimum atomic E-state index is -1.85.